The summed E-state index contributed by atoms with van der Waals surface area (Å²) >= 11 is 6.19. The molecule has 0 aromatic heterocycles. The maximum absolute atomic E-state index is 6.19. The van der Waals surface area contributed by atoms with Crippen LogP contribution in [0.1, 0.15) is 36.8 Å². The molecule has 30 heavy (non-hydrogen) atoms. The maximum Gasteiger partial charge on any atom is 0.108 e. The van der Waals surface area contributed by atoms with Crippen molar-refractivity contribution in [1.82, 2.24) is 4.90 Å². The number of hydrogen-bond donors (Lipinski definition) is 1. The molecule has 0 amide bonds. The molecule has 1 saturated carbocycles. The first-order valence-electron chi connectivity index (χ1n) is 11.2. The second-order valence-electron chi connectivity index (χ2n) is 8.91. The minimum absolute atomic E-state index is 0.121. The predicted octanol–water partition coefficient (Wildman–Crippen LogP) is 5.17. The number of hydrogen-bond acceptors (Lipinski definition) is 3. The highest BCUT2D eigenvalue weighted by molar-refractivity contribution is 6.30. The summed E-state index contributed by atoms with van der Waals surface area (Å²) < 4.78 is 5.56. The Hall–Kier alpha value is -1.88. The summed E-state index contributed by atoms with van der Waals surface area (Å²) in [4.78, 5) is 7.76. The maximum atomic E-state index is 6.19. The number of ether oxygens (including phenoxy) is 1. The predicted molar refractivity (Wildman–Crippen MR) is 123 cm³/mol. The largest absolute Gasteiger partial charge is 0.379 e. The van der Waals surface area contributed by atoms with E-state index in [0.717, 1.165) is 43.3 Å². The van der Waals surface area contributed by atoms with Crippen LogP contribution in [0.4, 0.5) is 5.69 Å². The number of rotatable bonds is 3. The van der Waals surface area contributed by atoms with E-state index in [1.165, 1.54) is 42.8 Å². The molecule has 0 atom stereocenters. The Morgan fingerprint density at radius 2 is 1.87 bits per heavy atom. The van der Waals surface area contributed by atoms with Gasteiger partial charge in [-0.05, 0) is 61.4 Å². The molecule has 2 fully saturated rings. The summed E-state index contributed by atoms with van der Waals surface area (Å²) in [5, 5.41) is 4.49. The van der Waals surface area contributed by atoms with Gasteiger partial charge in [-0.15, -0.1) is 0 Å². The quantitative estimate of drug-likeness (QED) is 0.740. The fraction of sp³-hybridized carbons (Fsp3) is 0.480. The van der Waals surface area contributed by atoms with Gasteiger partial charge >= 0.3 is 0 Å². The highest BCUT2D eigenvalue weighted by Crippen LogP contribution is 2.46. The standard InChI is InChI=1S/C25H30ClN3O/c26-21-6-3-4-19(16-21)18-27-24-25(17-20-5-1-2-7-23(20)28-24)10-8-22(9-11-25)29-12-14-30-15-13-29/h1-7,16,22H,8-15,17-18H2,(H,27,28). The third-order valence-electron chi connectivity index (χ3n) is 7.08. The summed E-state index contributed by atoms with van der Waals surface area (Å²) in [5.41, 5.74) is 3.91. The Morgan fingerprint density at radius 1 is 1.07 bits per heavy atom. The van der Waals surface area contributed by atoms with E-state index < -0.39 is 0 Å². The lowest BCUT2D eigenvalue weighted by Gasteiger charge is -2.47. The molecule has 1 saturated heterocycles. The minimum atomic E-state index is 0.121. The third-order valence-corrected chi connectivity index (χ3v) is 7.32. The summed E-state index contributed by atoms with van der Waals surface area (Å²) in [6.07, 6.45) is 5.93. The van der Waals surface area contributed by atoms with Gasteiger partial charge < -0.3 is 10.1 Å². The van der Waals surface area contributed by atoms with Gasteiger partial charge in [-0.25, -0.2) is 0 Å². The van der Waals surface area contributed by atoms with Crippen LogP contribution in [-0.4, -0.2) is 43.1 Å². The number of aliphatic imine (C=N–C) groups is 1. The highest BCUT2D eigenvalue weighted by Gasteiger charge is 2.44. The lowest BCUT2D eigenvalue weighted by atomic mass is 9.66. The van der Waals surface area contributed by atoms with Gasteiger partial charge in [0, 0.05) is 35.3 Å². The summed E-state index contributed by atoms with van der Waals surface area (Å²) in [7, 11) is 0. The van der Waals surface area contributed by atoms with E-state index in [1.807, 2.05) is 18.2 Å². The summed E-state index contributed by atoms with van der Waals surface area (Å²) in [6.45, 7) is 4.58. The van der Waals surface area contributed by atoms with Gasteiger partial charge in [0.15, 0.2) is 0 Å². The number of nitrogens with one attached hydrogen (secondary N) is 1. The molecule has 4 nitrogen and oxygen atoms in total. The van der Waals surface area contributed by atoms with E-state index in [9.17, 15) is 0 Å². The number of fused-ring (bicyclic) bond motifs is 1. The molecule has 158 valence electrons. The Labute approximate surface area is 184 Å². The van der Waals surface area contributed by atoms with Crippen LogP contribution in [0.5, 0.6) is 0 Å². The zero-order valence-corrected chi connectivity index (χ0v) is 18.2. The molecule has 0 bridgehead atoms. The Bertz CT molecular complexity index is 914. The van der Waals surface area contributed by atoms with Crippen molar-refractivity contribution in [3.8, 4) is 0 Å². The first kappa shape index (κ1) is 20.0. The van der Waals surface area contributed by atoms with Crippen LogP contribution in [0, 0.1) is 5.41 Å². The fourth-order valence-electron chi connectivity index (χ4n) is 5.39. The number of morpholine rings is 1. The molecule has 1 spiro atoms. The second-order valence-corrected chi connectivity index (χ2v) is 9.35. The molecular formula is C25H30ClN3O. The fourth-order valence-corrected chi connectivity index (χ4v) is 5.61. The smallest absolute Gasteiger partial charge is 0.108 e. The Kier molecular flexibility index (Phi) is 5.81. The molecule has 1 aliphatic carbocycles. The molecule has 2 aromatic carbocycles. The lowest BCUT2D eigenvalue weighted by molar-refractivity contribution is 0.00175. The normalized spacial score (nSPS) is 28.3. The second kappa shape index (κ2) is 8.70. The van der Waals surface area contributed by atoms with Gasteiger partial charge in [-0.2, -0.15) is 0 Å². The molecular weight excluding hydrogens is 394 g/mol. The first-order chi connectivity index (χ1) is 14.7. The van der Waals surface area contributed by atoms with E-state index in [-0.39, 0.29) is 5.41 Å². The van der Waals surface area contributed by atoms with E-state index in [2.05, 4.69) is 40.5 Å². The topological polar surface area (TPSA) is 36.9 Å². The van der Waals surface area contributed by atoms with Gasteiger partial charge in [-0.3, -0.25) is 9.89 Å². The van der Waals surface area contributed by atoms with Crippen LogP contribution in [0.25, 0.3) is 0 Å². The van der Waals surface area contributed by atoms with Gasteiger partial charge in [0.2, 0.25) is 0 Å². The minimum Gasteiger partial charge on any atom is -0.379 e. The van der Waals surface area contributed by atoms with Crippen molar-refractivity contribution in [2.24, 2.45) is 10.4 Å². The molecule has 2 aliphatic heterocycles. The van der Waals surface area contributed by atoms with Crippen molar-refractivity contribution in [3.63, 3.8) is 0 Å². The zero-order chi connectivity index (χ0) is 20.4. The molecule has 5 rings (SSSR count). The van der Waals surface area contributed by atoms with Crippen molar-refractivity contribution in [1.29, 1.82) is 0 Å². The number of nitrogens with zero attached hydrogens (tertiary/aromatic N) is 2. The van der Waals surface area contributed by atoms with E-state index >= 15 is 0 Å². The number of halogens is 1. The van der Waals surface area contributed by atoms with Crippen LogP contribution in [0.3, 0.4) is 0 Å². The van der Waals surface area contributed by atoms with Crippen molar-refractivity contribution in [2.45, 2.75) is 44.7 Å². The SMILES string of the molecule is Clc1cccc(CN=C2Nc3ccccc3CC23CCC(N2CCOCC2)CC3)c1. The van der Waals surface area contributed by atoms with Crippen LogP contribution in [0.15, 0.2) is 53.5 Å². The lowest BCUT2D eigenvalue weighted by Crippen LogP contribution is -2.50. The van der Waals surface area contributed by atoms with Crippen LogP contribution < -0.4 is 5.32 Å². The zero-order valence-electron chi connectivity index (χ0n) is 17.4. The average molecular weight is 424 g/mol. The molecule has 0 unspecified atom stereocenters. The molecule has 3 aliphatic rings. The molecule has 5 heteroatoms. The number of amidine groups is 1. The Balaban J connectivity index is 1.38. The molecule has 0 radical (unpaired) electrons. The van der Waals surface area contributed by atoms with Gasteiger partial charge in [0.25, 0.3) is 0 Å². The van der Waals surface area contributed by atoms with Crippen LogP contribution >= 0.6 is 11.6 Å². The first-order valence-corrected chi connectivity index (χ1v) is 11.6. The number of para-hydroxylation sites is 1. The van der Waals surface area contributed by atoms with E-state index in [0.29, 0.717) is 12.6 Å². The van der Waals surface area contributed by atoms with Gasteiger partial charge in [-0.1, -0.05) is 41.9 Å². The highest BCUT2D eigenvalue weighted by atomic mass is 35.5. The van der Waals surface area contributed by atoms with Crippen molar-refractivity contribution >= 4 is 23.1 Å². The molecule has 2 aromatic rings. The van der Waals surface area contributed by atoms with Gasteiger partial charge in [0.1, 0.15) is 5.84 Å². The Morgan fingerprint density at radius 3 is 2.67 bits per heavy atom. The van der Waals surface area contributed by atoms with Gasteiger partial charge in [0.05, 0.1) is 19.8 Å². The third kappa shape index (κ3) is 4.14. The van der Waals surface area contributed by atoms with Crippen LogP contribution in [0.2, 0.25) is 5.02 Å². The van der Waals surface area contributed by atoms with E-state index in [4.69, 9.17) is 21.3 Å². The monoisotopic (exact) mass is 423 g/mol. The van der Waals surface area contributed by atoms with Crippen LogP contribution in [-0.2, 0) is 17.7 Å². The average Bonchev–Trinajstić information content (AvgIpc) is 2.79. The van der Waals surface area contributed by atoms with Crippen molar-refractivity contribution in [2.75, 3.05) is 31.6 Å². The summed E-state index contributed by atoms with van der Waals surface area (Å²) in [5.74, 6) is 1.17. The van der Waals surface area contributed by atoms with Crippen molar-refractivity contribution in [3.05, 3.63) is 64.7 Å². The molecule has 1 N–H and O–H groups in total. The van der Waals surface area contributed by atoms with E-state index in [1.54, 1.807) is 0 Å². The number of anilines is 1. The number of benzene rings is 2. The molecule has 2 heterocycles. The summed E-state index contributed by atoms with van der Waals surface area (Å²) in [6, 6.07) is 17.4. The van der Waals surface area contributed by atoms with Crippen molar-refractivity contribution < 1.29 is 4.74 Å².